The summed E-state index contributed by atoms with van der Waals surface area (Å²) in [6.45, 7) is 9.61. The molecule has 0 saturated carbocycles. The molecule has 1 nitrogen and oxygen atoms in total. The summed E-state index contributed by atoms with van der Waals surface area (Å²) in [6.07, 6.45) is 7.88. The Bertz CT molecular complexity index is 251. The summed E-state index contributed by atoms with van der Waals surface area (Å²) >= 11 is 0. The van der Waals surface area contributed by atoms with Crippen LogP contribution in [0, 0.1) is 19.3 Å². The van der Waals surface area contributed by atoms with Crippen LogP contribution in [0.5, 0.6) is 0 Å². The van der Waals surface area contributed by atoms with Crippen LogP contribution in [0.25, 0.3) is 0 Å². The van der Waals surface area contributed by atoms with Crippen molar-refractivity contribution >= 4 is 0 Å². The van der Waals surface area contributed by atoms with Gasteiger partial charge in [0.1, 0.15) is 0 Å². The van der Waals surface area contributed by atoms with Gasteiger partial charge in [0, 0.05) is 0 Å². The van der Waals surface area contributed by atoms with Crippen molar-refractivity contribution in [3.05, 3.63) is 48.2 Å². The Balaban J connectivity index is -0.000000163. The van der Waals surface area contributed by atoms with E-state index in [1.165, 1.54) is 11.8 Å². The van der Waals surface area contributed by atoms with E-state index in [9.17, 15) is 0 Å². The Morgan fingerprint density at radius 1 is 1.19 bits per heavy atom. The minimum absolute atomic E-state index is 1.32. The van der Waals surface area contributed by atoms with E-state index < -0.39 is 0 Å². The zero-order chi connectivity index (χ0) is 13.2. The van der Waals surface area contributed by atoms with Crippen molar-refractivity contribution in [2.45, 2.75) is 34.6 Å². The fourth-order valence-electron chi connectivity index (χ4n) is 0.534. The van der Waals surface area contributed by atoms with Crippen LogP contribution in [0.15, 0.2) is 42.6 Å². The van der Waals surface area contributed by atoms with Crippen molar-refractivity contribution < 1.29 is 0 Å². The quantitative estimate of drug-likeness (QED) is 0.652. The van der Waals surface area contributed by atoms with Gasteiger partial charge in [-0.1, -0.05) is 55.8 Å². The van der Waals surface area contributed by atoms with Crippen LogP contribution in [0.3, 0.4) is 0 Å². The molecule has 0 atom stereocenters. The Kier molecular flexibility index (Phi) is 28.8. The average Bonchev–Trinajstić information content (AvgIpc) is 2.34. The lowest BCUT2D eigenvalue weighted by atomic mass is 10.2. The molecular formula is C15H25N. The number of terminal acetylenes is 1. The third-order valence-corrected chi connectivity index (χ3v) is 1.13. The van der Waals surface area contributed by atoms with Gasteiger partial charge >= 0.3 is 0 Å². The van der Waals surface area contributed by atoms with Crippen LogP contribution < -0.4 is 5.73 Å². The van der Waals surface area contributed by atoms with Crippen LogP contribution in [-0.4, -0.2) is 0 Å². The molecule has 1 heteroatoms. The molecule has 0 fully saturated rings. The maximum Gasteiger partial charge on any atom is -0.00297 e. The van der Waals surface area contributed by atoms with Gasteiger partial charge in [0.15, 0.2) is 0 Å². The number of hydrogen-bond donors (Lipinski definition) is 1. The molecule has 0 aliphatic carbocycles. The number of nitrogens with two attached hydrogens (primary N) is 1. The number of allylic oxidation sites excluding steroid dienone is 1. The zero-order valence-corrected chi connectivity index (χ0v) is 11.2. The Morgan fingerprint density at radius 2 is 1.50 bits per heavy atom. The first-order valence-corrected chi connectivity index (χ1v) is 5.44. The lowest BCUT2D eigenvalue weighted by molar-refractivity contribution is 1.48. The highest BCUT2D eigenvalue weighted by Gasteiger charge is 1.72. The third kappa shape index (κ3) is 29.5. The minimum atomic E-state index is 1.32. The van der Waals surface area contributed by atoms with E-state index in [2.05, 4.69) is 31.4 Å². The third-order valence-electron chi connectivity index (χ3n) is 1.13. The highest BCUT2D eigenvalue weighted by molar-refractivity contribution is 5.11. The van der Waals surface area contributed by atoms with Gasteiger partial charge in [-0.2, -0.15) is 0 Å². The van der Waals surface area contributed by atoms with Crippen LogP contribution in [0.4, 0.5) is 0 Å². The van der Waals surface area contributed by atoms with E-state index >= 15 is 0 Å². The second kappa shape index (κ2) is 23.3. The maximum atomic E-state index is 4.85. The first-order chi connectivity index (χ1) is 7.72. The van der Waals surface area contributed by atoms with E-state index in [0.29, 0.717) is 0 Å². The van der Waals surface area contributed by atoms with Gasteiger partial charge in [0.25, 0.3) is 0 Å². The van der Waals surface area contributed by atoms with E-state index in [-0.39, 0.29) is 0 Å². The summed E-state index contributed by atoms with van der Waals surface area (Å²) in [5.41, 5.74) is 6.17. The lowest BCUT2D eigenvalue weighted by Gasteiger charge is -1.82. The highest BCUT2D eigenvalue weighted by atomic mass is 14.5. The van der Waals surface area contributed by atoms with Crippen LogP contribution in [0.2, 0.25) is 0 Å². The van der Waals surface area contributed by atoms with Crippen molar-refractivity contribution in [1.82, 2.24) is 0 Å². The van der Waals surface area contributed by atoms with Crippen molar-refractivity contribution in [3.8, 4) is 12.3 Å². The smallest absolute Gasteiger partial charge is 0.00297 e. The number of rotatable bonds is 0. The Morgan fingerprint density at radius 3 is 1.62 bits per heavy atom. The molecule has 90 valence electrons. The summed E-state index contributed by atoms with van der Waals surface area (Å²) in [4.78, 5) is 0. The fraction of sp³-hybridized carbons (Fsp3) is 0.333. The zero-order valence-electron chi connectivity index (χ0n) is 11.2. The largest absolute Gasteiger partial charge is 0.405 e. The molecule has 0 bridgehead atoms. The van der Waals surface area contributed by atoms with Crippen molar-refractivity contribution in [3.63, 3.8) is 0 Å². The molecule has 0 radical (unpaired) electrons. The van der Waals surface area contributed by atoms with Gasteiger partial charge in [-0.25, -0.2) is 0 Å². The van der Waals surface area contributed by atoms with E-state index in [4.69, 9.17) is 5.73 Å². The first-order valence-electron chi connectivity index (χ1n) is 5.44. The summed E-state index contributed by atoms with van der Waals surface area (Å²) in [5.74, 6) is 2.25. The second-order valence-corrected chi connectivity index (χ2v) is 2.47. The van der Waals surface area contributed by atoms with Crippen LogP contribution in [-0.2, 0) is 0 Å². The Hall–Kier alpha value is -1.68. The van der Waals surface area contributed by atoms with Gasteiger partial charge in [-0.05, 0) is 27.0 Å². The molecular weight excluding hydrogens is 194 g/mol. The fourth-order valence-corrected chi connectivity index (χ4v) is 0.534. The molecule has 0 unspecified atom stereocenters. The maximum absolute atomic E-state index is 4.85. The summed E-state index contributed by atoms with van der Waals surface area (Å²) in [7, 11) is 0. The number of aryl methyl sites for hydroxylation is 1. The number of benzene rings is 1. The topological polar surface area (TPSA) is 26.0 Å². The normalized spacial score (nSPS) is 7.00. The summed E-state index contributed by atoms with van der Waals surface area (Å²) in [5, 5.41) is 0. The average molecular weight is 219 g/mol. The molecule has 2 N–H and O–H groups in total. The molecule has 1 aromatic carbocycles. The molecule has 0 spiro atoms. The molecule has 0 amide bonds. The molecule has 16 heavy (non-hydrogen) atoms. The molecule has 1 aromatic rings. The molecule has 0 aliphatic rings. The predicted molar refractivity (Wildman–Crippen MR) is 76.0 cm³/mol. The van der Waals surface area contributed by atoms with Gasteiger partial charge in [0.05, 0.1) is 0 Å². The van der Waals surface area contributed by atoms with Crippen molar-refractivity contribution in [1.29, 1.82) is 0 Å². The Labute approximate surface area is 101 Å². The van der Waals surface area contributed by atoms with Gasteiger partial charge < -0.3 is 5.73 Å². The van der Waals surface area contributed by atoms with Crippen LogP contribution >= 0.6 is 0 Å². The molecule has 0 aromatic heterocycles. The number of hydrogen-bond acceptors (Lipinski definition) is 1. The monoisotopic (exact) mass is 219 g/mol. The SMILES string of the molecule is C#CC.C/C=C\N.CC.Cc1ccccc1. The molecule has 1 rings (SSSR count). The summed E-state index contributed by atoms with van der Waals surface area (Å²) in [6, 6.07) is 10.3. The van der Waals surface area contributed by atoms with Crippen molar-refractivity contribution in [2.75, 3.05) is 0 Å². The molecule has 0 saturated heterocycles. The van der Waals surface area contributed by atoms with Gasteiger partial charge in [-0.15, -0.1) is 12.3 Å². The first kappa shape index (κ1) is 19.8. The second-order valence-electron chi connectivity index (χ2n) is 2.47. The molecule has 0 heterocycles. The molecule has 0 aliphatic heterocycles. The lowest BCUT2D eigenvalue weighted by Crippen LogP contribution is -1.70. The minimum Gasteiger partial charge on any atom is -0.405 e. The van der Waals surface area contributed by atoms with E-state index in [0.717, 1.165) is 0 Å². The van der Waals surface area contributed by atoms with Gasteiger partial charge in [-0.3, -0.25) is 0 Å². The van der Waals surface area contributed by atoms with Gasteiger partial charge in [0.2, 0.25) is 0 Å². The predicted octanol–water partition coefficient (Wildman–Crippen LogP) is 4.14. The van der Waals surface area contributed by atoms with E-state index in [1.54, 1.807) is 13.0 Å². The standard InChI is InChI=1S/C7H8.C3H7N.C3H4.C2H6/c1-7-5-3-2-4-6-7;1-2-3-4;1-3-2;1-2/h2-6H,1H3;2-3H,4H2,1H3;1H,2H3;1-2H3/b;3-2-;;. The van der Waals surface area contributed by atoms with E-state index in [1.807, 2.05) is 39.0 Å². The highest BCUT2D eigenvalue weighted by Crippen LogP contribution is 1.92. The van der Waals surface area contributed by atoms with Crippen molar-refractivity contribution in [2.24, 2.45) is 5.73 Å². The summed E-state index contributed by atoms with van der Waals surface area (Å²) < 4.78 is 0. The van der Waals surface area contributed by atoms with Crippen LogP contribution in [0.1, 0.15) is 33.3 Å².